The molecule has 2 nitrogen and oxygen atoms in total. The van der Waals surface area contributed by atoms with Crippen molar-refractivity contribution in [2.75, 3.05) is 0 Å². The highest BCUT2D eigenvalue weighted by atomic mass is 35.5. The van der Waals surface area contributed by atoms with Crippen LogP contribution in [0.2, 0.25) is 5.02 Å². The van der Waals surface area contributed by atoms with E-state index >= 15 is 0 Å². The Hall–Kier alpha value is -0.800. The summed E-state index contributed by atoms with van der Waals surface area (Å²) in [6, 6.07) is 3.98. The first-order valence-corrected chi connectivity index (χ1v) is 4.73. The highest BCUT2D eigenvalue weighted by Gasteiger charge is 2.05. The average molecular weight is 213 g/mol. The van der Waals surface area contributed by atoms with E-state index in [1.807, 2.05) is 30.7 Å². The number of aromatic nitrogens is 2. The van der Waals surface area contributed by atoms with Crippen LogP contribution in [-0.2, 0) is 7.05 Å². The first-order valence-electron chi connectivity index (χ1n) is 3.94. The summed E-state index contributed by atoms with van der Waals surface area (Å²) in [4.78, 5) is 3.10. The second-order valence-corrected chi connectivity index (χ2v) is 3.93. The second-order valence-electron chi connectivity index (χ2n) is 3.13. The number of rotatable bonds is 0. The molecule has 2 rings (SSSR count). The van der Waals surface area contributed by atoms with E-state index in [1.54, 1.807) is 0 Å². The number of aryl methyl sites for hydroxylation is 2. The fourth-order valence-corrected chi connectivity index (χ4v) is 2.07. The molecule has 1 aromatic heterocycles. The maximum Gasteiger partial charge on any atom is 0.177 e. The molecular weight excluding hydrogens is 204 g/mol. The second kappa shape index (κ2) is 2.86. The van der Waals surface area contributed by atoms with Gasteiger partial charge in [-0.2, -0.15) is 0 Å². The smallest absolute Gasteiger partial charge is 0.177 e. The van der Waals surface area contributed by atoms with Crippen LogP contribution in [0, 0.1) is 11.7 Å². The molecule has 0 aliphatic rings. The van der Waals surface area contributed by atoms with E-state index < -0.39 is 0 Å². The summed E-state index contributed by atoms with van der Waals surface area (Å²) in [7, 11) is 1.91. The summed E-state index contributed by atoms with van der Waals surface area (Å²) in [5.41, 5.74) is 3.10. The van der Waals surface area contributed by atoms with Crippen molar-refractivity contribution in [2.24, 2.45) is 7.05 Å². The summed E-state index contributed by atoms with van der Waals surface area (Å²) >= 11 is 11.2. The van der Waals surface area contributed by atoms with Crippen molar-refractivity contribution >= 4 is 34.9 Å². The van der Waals surface area contributed by atoms with Crippen molar-refractivity contribution in [3.8, 4) is 0 Å². The zero-order chi connectivity index (χ0) is 9.59. The van der Waals surface area contributed by atoms with Gasteiger partial charge in [-0.3, -0.25) is 0 Å². The number of nitrogens with zero attached hydrogens (tertiary/aromatic N) is 1. The molecule has 0 unspecified atom stereocenters. The van der Waals surface area contributed by atoms with Gasteiger partial charge in [-0.05, 0) is 36.8 Å². The minimum atomic E-state index is 0.697. The standard InChI is InChI=1S/C9H9ClN2S/c1-5-3-6(10)8-7(4-5)11-9(13)12(8)2/h3-4H,1-2H3,(H,11,13). The van der Waals surface area contributed by atoms with Crippen LogP contribution in [0.25, 0.3) is 11.0 Å². The molecule has 0 amide bonds. The fourth-order valence-electron chi connectivity index (χ4n) is 1.47. The molecule has 2 aromatic rings. The van der Waals surface area contributed by atoms with Gasteiger partial charge in [0.15, 0.2) is 4.77 Å². The number of aromatic amines is 1. The lowest BCUT2D eigenvalue weighted by Gasteiger charge is -1.99. The fraction of sp³-hybridized carbons (Fsp3) is 0.222. The first-order chi connectivity index (χ1) is 6.09. The van der Waals surface area contributed by atoms with Gasteiger partial charge in [-0.25, -0.2) is 0 Å². The van der Waals surface area contributed by atoms with E-state index in [0.29, 0.717) is 4.77 Å². The van der Waals surface area contributed by atoms with Crippen LogP contribution in [0.3, 0.4) is 0 Å². The minimum Gasteiger partial charge on any atom is -0.331 e. The number of nitrogens with one attached hydrogen (secondary N) is 1. The van der Waals surface area contributed by atoms with E-state index in [4.69, 9.17) is 23.8 Å². The lowest BCUT2D eigenvalue weighted by atomic mass is 10.2. The Kier molecular flexibility index (Phi) is 1.93. The van der Waals surface area contributed by atoms with Gasteiger partial charge in [0.2, 0.25) is 0 Å². The third-order valence-corrected chi connectivity index (χ3v) is 2.75. The number of hydrogen-bond acceptors (Lipinski definition) is 1. The Morgan fingerprint density at radius 3 is 2.85 bits per heavy atom. The lowest BCUT2D eigenvalue weighted by Crippen LogP contribution is -1.87. The maximum absolute atomic E-state index is 6.09. The number of benzene rings is 1. The van der Waals surface area contributed by atoms with Gasteiger partial charge >= 0.3 is 0 Å². The zero-order valence-electron chi connectivity index (χ0n) is 7.39. The number of hydrogen-bond donors (Lipinski definition) is 1. The predicted octanol–water partition coefficient (Wildman–Crippen LogP) is 3.20. The molecule has 1 N–H and O–H groups in total. The first kappa shape index (κ1) is 8.78. The number of halogens is 1. The van der Waals surface area contributed by atoms with E-state index in [1.165, 1.54) is 0 Å². The average Bonchev–Trinajstić information content (AvgIpc) is 2.27. The summed E-state index contributed by atoms with van der Waals surface area (Å²) < 4.78 is 2.58. The molecule has 0 atom stereocenters. The van der Waals surface area contributed by atoms with E-state index in [0.717, 1.165) is 21.6 Å². The van der Waals surface area contributed by atoms with Crippen LogP contribution in [-0.4, -0.2) is 9.55 Å². The molecule has 0 radical (unpaired) electrons. The van der Waals surface area contributed by atoms with Crippen LogP contribution in [0.15, 0.2) is 12.1 Å². The highest BCUT2D eigenvalue weighted by molar-refractivity contribution is 7.71. The van der Waals surface area contributed by atoms with Crippen molar-refractivity contribution in [2.45, 2.75) is 6.92 Å². The Labute approximate surface area is 86.1 Å². The quantitative estimate of drug-likeness (QED) is 0.666. The third kappa shape index (κ3) is 1.28. The topological polar surface area (TPSA) is 20.7 Å². The van der Waals surface area contributed by atoms with Gasteiger partial charge in [-0.15, -0.1) is 0 Å². The molecule has 68 valence electrons. The molecule has 1 heterocycles. The summed E-state index contributed by atoms with van der Waals surface area (Å²) in [6.45, 7) is 2.01. The van der Waals surface area contributed by atoms with E-state index in [9.17, 15) is 0 Å². The minimum absolute atomic E-state index is 0.697. The van der Waals surface area contributed by atoms with Crippen LogP contribution in [0.5, 0.6) is 0 Å². The molecule has 0 aliphatic carbocycles. The number of imidazole rings is 1. The SMILES string of the molecule is Cc1cc(Cl)c2c(c1)[nH]c(=S)n2C. The molecular formula is C9H9ClN2S. The van der Waals surface area contributed by atoms with Crippen molar-refractivity contribution in [1.29, 1.82) is 0 Å². The van der Waals surface area contributed by atoms with Crippen molar-refractivity contribution in [3.05, 3.63) is 27.5 Å². The van der Waals surface area contributed by atoms with Gasteiger partial charge in [0.25, 0.3) is 0 Å². The molecule has 0 saturated carbocycles. The molecule has 0 bridgehead atoms. The Morgan fingerprint density at radius 1 is 1.46 bits per heavy atom. The van der Waals surface area contributed by atoms with Crippen LogP contribution in [0.4, 0.5) is 0 Å². The number of fused-ring (bicyclic) bond motifs is 1. The summed E-state index contributed by atoms with van der Waals surface area (Å²) in [6.07, 6.45) is 0. The van der Waals surface area contributed by atoms with Gasteiger partial charge < -0.3 is 9.55 Å². The molecule has 0 aliphatic heterocycles. The maximum atomic E-state index is 6.09. The lowest BCUT2D eigenvalue weighted by molar-refractivity contribution is 0.927. The van der Waals surface area contributed by atoms with Gasteiger partial charge in [0.05, 0.1) is 16.1 Å². The summed E-state index contributed by atoms with van der Waals surface area (Å²) in [5.74, 6) is 0. The van der Waals surface area contributed by atoms with E-state index in [2.05, 4.69) is 4.98 Å². The zero-order valence-corrected chi connectivity index (χ0v) is 8.96. The molecule has 0 saturated heterocycles. The Morgan fingerprint density at radius 2 is 2.15 bits per heavy atom. The molecule has 1 aromatic carbocycles. The molecule has 0 spiro atoms. The normalized spacial score (nSPS) is 11.0. The summed E-state index contributed by atoms with van der Waals surface area (Å²) in [5, 5.41) is 0.741. The van der Waals surface area contributed by atoms with E-state index in [-0.39, 0.29) is 0 Å². The van der Waals surface area contributed by atoms with Gasteiger partial charge in [-0.1, -0.05) is 11.6 Å². The van der Waals surface area contributed by atoms with Crippen molar-refractivity contribution in [1.82, 2.24) is 9.55 Å². The Balaban J connectivity index is 3.03. The van der Waals surface area contributed by atoms with Crippen LogP contribution in [0.1, 0.15) is 5.56 Å². The van der Waals surface area contributed by atoms with Crippen LogP contribution < -0.4 is 0 Å². The largest absolute Gasteiger partial charge is 0.331 e. The third-order valence-electron chi connectivity index (χ3n) is 2.09. The van der Waals surface area contributed by atoms with Gasteiger partial charge in [0, 0.05) is 7.05 Å². The van der Waals surface area contributed by atoms with Gasteiger partial charge in [0.1, 0.15) is 0 Å². The Bertz CT molecular complexity index is 524. The van der Waals surface area contributed by atoms with Crippen LogP contribution >= 0.6 is 23.8 Å². The number of H-pyrrole nitrogens is 1. The molecule has 4 heteroatoms. The highest BCUT2D eigenvalue weighted by Crippen LogP contribution is 2.24. The van der Waals surface area contributed by atoms with Crippen molar-refractivity contribution in [3.63, 3.8) is 0 Å². The molecule has 13 heavy (non-hydrogen) atoms. The van der Waals surface area contributed by atoms with Crippen molar-refractivity contribution < 1.29 is 0 Å². The monoisotopic (exact) mass is 212 g/mol. The molecule has 0 fully saturated rings. The predicted molar refractivity (Wildman–Crippen MR) is 57.9 cm³/mol.